The largest absolute Gasteiger partial charge is 0.494 e. The first-order chi connectivity index (χ1) is 10.6. The van der Waals surface area contributed by atoms with Crippen LogP contribution in [-0.2, 0) is 6.42 Å². The van der Waals surface area contributed by atoms with Crippen LogP contribution in [0.4, 0.5) is 5.69 Å². The second-order valence-electron chi connectivity index (χ2n) is 4.90. The lowest BCUT2D eigenvalue weighted by atomic mass is 10.1. The monoisotopic (exact) mass is 294 g/mol. The lowest BCUT2D eigenvalue weighted by Crippen LogP contribution is -2.12. The van der Waals surface area contributed by atoms with Crippen molar-refractivity contribution in [3.8, 4) is 11.8 Å². The molecule has 0 unspecified atom stereocenters. The summed E-state index contributed by atoms with van der Waals surface area (Å²) in [6, 6.07) is 14.7. The molecular formula is C18H18N2O2. The van der Waals surface area contributed by atoms with E-state index in [2.05, 4.69) is 11.4 Å². The van der Waals surface area contributed by atoms with Crippen molar-refractivity contribution in [3.05, 3.63) is 59.2 Å². The molecule has 0 atom stereocenters. The Hall–Kier alpha value is -2.80. The van der Waals surface area contributed by atoms with Crippen LogP contribution in [0.3, 0.4) is 0 Å². The molecule has 0 radical (unpaired) electrons. The fourth-order valence-corrected chi connectivity index (χ4v) is 2.11. The van der Waals surface area contributed by atoms with Gasteiger partial charge in [-0.1, -0.05) is 12.1 Å². The molecule has 1 amide bonds. The number of benzene rings is 2. The van der Waals surface area contributed by atoms with Crippen LogP contribution in [0.5, 0.6) is 5.75 Å². The fourth-order valence-electron chi connectivity index (χ4n) is 2.11. The van der Waals surface area contributed by atoms with Gasteiger partial charge in [-0.2, -0.15) is 5.26 Å². The van der Waals surface area contributed by atoms with Crippen molar-refractivity contribution < 1.29 is 9.53 Å². The SMILES string of the molecule is CCOc1ccc(C(=O)Nc2ccc(CC#N)cc2)cc1C. The van der Waals surface area contributed by atoms with Crippen LogP contribution in [-0.4, -0.2) is 12.5 Å². The van der Waals surface area contributed by atoms with Gasteiger partial charge in [0.25, 0.3) is 5.91 Å². The molecule has 0 fully saturated rings. The number of hydrogen-bond donors (Lipinski definition) is 1. The van der Waals surface area contributed by atoms with Crippen molar-refractivity contribution >= 4 is 11.6 Å². The number of aryl methyl sites for hydroxylation is 1. The number of nitrogens with one attached hydrogen (secondary N) is 1. The molecule has 0 aliphatic heterocycles. The maximum absolute atomic E-state index is 12.2. The average Bonchev–Trinajstić information content (AvgIpc) is 2.51. The summed E-state index contributed by atoms with van der Waals surface area (Å²) in [6.45, 7) is 4.44. The predicted octanol–water partition coefficient (Wildman–Crippen LogP) is 3.71. The summed E-state index contributed by atoms with van der Waals surface area (Å²) in [6.07, 6.45) is 0.367. The maximum Gasteiger partial charge on any atom is 0.255 e. The number of amides is 1. The first-order valence-electron chi connectivity index (χ1n) is 7.14. The summed E-state index contributed by atoms with van der Waals surface area (Å²) in [5, 5.41) is 11.5. The van der Waals surface area contributed by atoms with E-state index >= 15 is 0 Å². The highest BCUT2D eigenvalue weighted by Gasteiger charge is 2.08. The lowest BCUT2D eigenvalue weighted by Gasteiger charge is -2.10. The van der Waals surface area contributed by atoms with Crippen molar-refractivity contribution in [1.82, 2.24) is 0 Å². The molecule has 4 nitrogen and oxygen atoms in total. The topological polar surface area (TPSA) is 62.1 Å². The second kappa shape index (κ2) is 7.28. The summed E-state index contributed by atoms with van der Waals surface area (Å²) in [5.74, 6) is 0.624. The number of nitriles is 1. The molecule has 22 heavy (non-hydrogen) atoms. The normalized spacial score (nSPS) is 9.86. The van der Waals surface area contributed by atoms with Crippen LogP contribution >= 0.6 is 0 Å². The Morgan fingerprint density at radius 2 is 1.95 bits per heavy atom. The molecule has 0 saturated carbocycles. The van der Waals surface area contributed by atoms with Crippen molar-refractivity contribution in [2.45, 2.75) is 20.3 Å². The predicted molar refractivity (Wildman–Crippen MR) is 86.1 cm³/mol. The zero-order valence-corrected chi connectivity index (χ0v) is 12.7. The Balaban J connectivity index is 2.08. The Morgan fingerprint density at radius 1 is 1.23 bits per heavy atom. The van der Waals surface area contributed by atoms with E-state index in [4.69, 9.17) is 10.00 Å². The molecular weight excluding hydrogens is 276 g/mol. The average molecular weight is 294 g/mol. The van der Waals surface area contributed by atoms with E-state index in [1.165, 1.54) is 0 Å². The van der Waals surface area contributed by atoms with Gasteiger partial charge in [0.1, 0.15) is 5.75 Å². The number of carbonyl (C=O) groups is 1. The highest BCUT2D eigenvalue weighted by atomic mass is 16.5. The van der Waals surface area contributed by atoms with Gasteiger partial charge in [-0.15, -0.1) is 0 Å². The van der Waals surface area contributed by atoms with E-state index in [1.54, 1.807) is 18.2 Å². The third-order valence-electron chi connectivity index (χ3n) is 3.23. The molecule has 0 aliphatic carbocycles. The van der Waals surface area contributed by atoms with Crippen LogP contribution < -0.4 is 10.1 Å². The Morgan fingerprint density at radius 3 is 2.55 bits per heavy atom. The molecule has 1 N–H and O–H groups in total. The zero-order valence-electron chi connectivity index (χ0n) is 12.7. The Labute approximate surface area is 130 Å². The minimum Gasteiger partial charge on any atom is -0.494 e. The summed E-state index contributed by atoms with van der Waals surface area (Å²) < 4.78 is 5.47. The zero-order chi connectivity index (χ0) is 15.9. The Kier molecular flexibility index (Phi) is 5.16. The quantitative estimate of drug-likeness (QED) is 0.914. The number of anilines is 1. The second-order valence-corrected chi connectivity index (χ2v) is 4.90. The fraction of sp³-hybridized carbons (Fsp3) is 0.222. The van der Waals surface area contributed by atoms with E-state index < -0.39 is 0 Å². The van der Waals surface area contributed by atoms with Gasteiger partial charge in [0.15, 0.2) is 0 Å². The molecule has 0 saturated heterocycles. The minimum atomic E-state index is -0.167. The first kappa shape index (κ1) is 15.6. The van der Waals surface area contributed by atoms with Crippen molar-refractivity contribution in [2.75, 3.05) is 11.9 Å². The molecule has 112 valence electrons. The van der Waals surface area contributed by atoms with Crippen molar-refractivity contribution in [3.63, 3.8) is 0 Å². The van der Waals surface area contributed by atoms with Gasteiger partial charge in [0.05, 0.1) is 19.1 Å². The minimum absolute atomic E-state index is 0.167. The van der Waals surface area contributed by atoms with Gasteiger partial charge >= 0.3 is 0 Å². The van der Waals surface area contributed by atoms with E-state index in [1.807, 2.05) is 38.1 Å². The van der Waals surface area contributed by atoms with Crippen LogP contribution in [0, 0.1) is 18.3 Å². The van der Waals surface area contributed by atoms with E-state index in [-0.39, 0.29) is 5.91 Å². The first-order valence-corrected chi connectivity index (χ1v) is 7.14. The third kappa shape index (κ3) is 3.86. The molecule has 0 aliphatic rings. The summed E-state index contributed by atoms with van der Waals surface area (Å²) >= 11 is 0. The molecule has 0 aromatic heterocycles. The summed E-state index contributed by atoms with van der Waals surface area (Å²) in [4.78, 5) is 12.2. The van der Waals surface area contributed by atoms with Crippen LogP contribution in [0.1, 0.15) is 28.4 Å². The van der Waals surface area contributed by atoms with Gasteiger partial charge in [0.2, 0.25) is 0 Å². The summed E-state index contributed by atoms with van der Waals surface area (Å²) in [7, 11) is 0. The van der Waals surface area contributed by atoms with Gasteiger partial charge in [-0.05, 0) is 55.3 Å². The molecule has 2 aromatic rings. The van der Waals surface area contributed by atoms with E-state index in [0.29, 0.717) is 24.3 Å². The van der Waals surface area contributed by atoms with Crippen LogP contribution in [0.15, 0.2) is 42.5 Å². The standard InChI is InChI=1S/C18H18N2O2/c1-3-22-17-9-6-15(12-13(17)2)18(21)20-16-7-4-14(5-8-16)10-11-19/h4-9,12H,3,10H2,1-2H3,(H,20,21). The molecule has 0 bridgehead atoms. The molecule has 2 aromatic carbocycles. The van der Waals surface area contributed by atoms with Crippen molar-refractivity contribution in [2.24, 2.45) is 0 Å². The Bertz CT molecular complexity index is 700. The number of hydrogen-bond acceptors (Lipinski definition) is 3. The molecule has 0 spiro atoms. The van der Waals surface area contributed by atoms with E-state index in [9.17, 15) is 4.79 Å². The lowest BCUT2D eigenvalue weighted by molar-refractivity contribution is 0.102. The number of rotatable bonds is 5. The smallest absolute Gasteiger partial charge is 0.255 e. The summed E-state index contributed by atoms with van der Waals surface area (Å²) in [5.41, 5.74) is 3.15. The number of carbonyl (C=O) groups excluding carboxylic acids is 1. The van der Waals surface area contributed by atoms with Gasteiger partial charge < -0.3 is 10.1 Å². The van der Waals surface area contributed by atoms with Gasteiger partial charge in [-0.25, -0.2) is 0 Å². The van der Waals surface area contributed by atoms with E-state index in [0.717, 1.165) is 16.9 Å². The molecule has 0 heterocycles. The number of nitrogens with zero attached hydrogens (tertiary/aromatic N) is 1. The highest BCUT2D eigenvalue weighted by molar-refractivity contribution is 6.04. The van der Waals surface area contributed by atoms with Gasteiger partial charge in [0, 0.05) is 11.3 Å². The highest BCUT2D eigenvalue weighted by Crippen LogP contribution is 2.20. The van der Waals surface area contributed by atoms with Crippen LogP contribution in [0.2, 0.25) is 0 Å². The molecule has 2 rings (SSSR count). The van der Waals surface area contributed by atoms with Crippen molar-refractivity contribution in [1.29, 1.82) is 5.26 Å². The van der Waals surface area contributed by atoms with Gasteiger partial charge in [-0.3, -0.25) is 4.79 Å². The van der Waals surface area contributed by atoms with Crippen LogP contribution in [0.25, 0.3) is 0 Å². The third-order valence-corrected chi connectivity index (χ3v) is 3.23. The molecule has 4 heteroatoms. The maximum atomic E-state index is 12.2. The number of ether oxygens (including phenoxy) is 1.